The third-order valence-electron chi connectivity index (χ3n) is 4.98. The average Bonchev–Trinajstić information content (AvgIpc) is 2.75. The number of carbonyl (C=O) groups is 2. The molecule has 1 amide bonds. The predicted octanol–water partition coefficient (Wildman–Crippen LogP) is 2.36. The van der Waals surface area contributed by atoms with Gasteiger partial charge in [0.15, 0.2) is 5.75 Å². The first-order valence-electron chi connectivity index (χ1n) is 9.21. The topological polar surface area (TPSA) is 113 Å². The lowest BCUT2D eigenvalue weighted by Crippen LogP contribution is -2.41. The van der Waals surface area contributed by atoms with E-state index in [1.807, 2.05) is 0 Å². The molecule has 2 N–H and O–H groups in total. The van der Waals surface area contributed by atoms with Gasteiger partial charge in [-0.2, -0.15) is 4.31 Å². The monoisotopic (exact) mass is 436 g/mol. The molecule has 1 heterocycles. The van der Waals surface area contributed by atoms with Gasteiger partial charge in [0, 0.05) is 19.0 Å². The highest BCUT2D eigenvalue weighted by molar-refractivity contribution is 7.89. The third kappa shape index (κ3) is 4.29. The SMILES string of the molecule is COC(=O)c1cccc(NC(=O)C2CCN(S(=O)(=O)c3ccccc3F)CC2)c1O. The van der Waals surface area contributed by atoms with Gasteiger partial charge >= 0.3 is 5.97 Å². The first-order chi connectivity index (χ1) is 14.3. The lowest BCUT2D eigenvalue weighted by Gasteiger charge is -2.30. The maximum absolute atomic E-state index is 13.9. The second-order valence-electron chi connectivity index (χ2n) is 6.79. The van der Waals surface area contributed by atoms with E-state index in [1.165, 1.54) is 43.5 Å². The largest absolute Gasteiger partial charge is 0.505 e. The van der Waals surface area contributed by atoms with Gasteiger partial charge in [0.1, 0.15) is 16.3 Å². The third-order valence-corrected chi connectivity index (χ3v) is 6.91. The minimum atomic E-state index is -3.99. The molecule has 30 heavy (non-hydrogen) atoms. The van der Waals surface area contributed by atoms with Gasteiger partial charge in [-0.15, -0.1) is 0 Å². The summed E-state index contributed by atoms with van der Waals surface area (Å²) in [6, 6.07) is 9.45. The number of para-hydroxylation sites is 1. The van der Waals surface area contributed by atoms with Crippen LogP contribution < -0.4 is 5.32 Å². The molecule has 8 nitrogen and oxygen atoms in total. The van der Waals surface area contributed by atoms with E-state index in [4.69, 9.17) is 0 Å². The molecular weight excluding hydrogens is 415 g/mol. The van der Waals surface area contributed by atoms with Crippen LogP contribution >= 0.6 is 0 Å². The summed E-state index contributed by atoms with van der Waals surface area (Å²) in [5, 5.41) is 12.8. The predicted molar refractivity (Wildman–Crippen MR) is 106 cm³/mol. The Balaban J connectivity index is 1.67. The first kappa shape index (κ1) is 21.7. The molecule has 0 bridgehead atoms. The van der Waals surface area contributed by atoms with Crippen LogP contribution in [0.5, 0.6) is 5.75 Å². The number of amides is 1. The molecule has 2 aromatic carbocycles. The summed E-state index contributed by atoms with van der Waals surface area (Å²) in [5.41, 5.74) is -0.0228. The standard InChI is InChI=1S/C20H21FN2O6S/c1-29-20(26)14-5-4-7-16(18(14)24)22-19(25)13-9-11-23(12-10-13)30(27,28)17-8-3-2-6-15(17)21/h2-8,13,24H,9-12H2,1H3,(H,22,25). The molecular formula is C20H21FN2O6S. The molecule has 1 aliphatic heterocycles. The normalized spacial score (nSPS) is 15.5. The first-order valence-corrected chi connectivity index (χ1v) is 10.7. The number of halogens is 1. The number of methoxy groups -OCH3 is 1. The van der Waals surface area contributed by atoms with Gasteiger partial charge in [-0.05, 0) is 37.1 Å². The van der Waals surface area contributed by atoms with E-state index in [1.54, 1.807) is 0 Å². The van der Waals surface area contributed by atoms with Crippen molar-refractivity contribution in [2.24, 2.45) is 5.92 Å². The lowest BCUT2D eigenvalue weighted by molar-refractivity contribution is -0.120. The number of anilines is 1. The Morgan fingerprint density at radius 3 is 2.43 bits per heavy atom. The molecule has 1 aliphatic rings. The van der Waals surface area contributed by atoms with Crippen LogP contribution in [0.1, 0.15) is 23.2 Å². The summed E-state index contributed by atoms with van der Waals surface area (Å²) in [6.45, 7) is 0.117. The molecule has 0 saturated carbocycles. The Morgan fingerprint density at radius 1 is 1.13 bits per heavy atom. The number of phenolic OH excluding ortho intramolecular Hbond substituents is 1. The zero-order chi connectivity index (χ0) is 21.9. The van der Waals surface area contributed by atoms with E-state index in [-0.39, 0.29) is 37.2 Å². The number of hydrogen-bond donors (Lipinski definition) is 2. The summed E-state index contributed by atoms with van der Waals surface area (Å²) in [6.07, 6.45) is 0.466. The highest BCUT2D eigenvalue weighted by atomic mass is 32.2. The number of ether oxygens (including phenoxy) is 1. The number of sulfonamides is 1. The molecule has 1 saturated heterocycles. The smallest absolute Gasteiger partial charge is 0.341 e. The zero-order valence-corrected chi connectivity index (χ0v) is 17.0. The van der Waals surface area contributed by atoms with E-state index < -0.39 is 44.3 Å². The van der Waals surface area contributed by atoms with E-state index >= 15 is 0 Å². The number of carbonyl (C=O) groups excluding carboxylic acids is 2. The number of esters is 1. The summed E-state index contributed by atoms with van der Waals surface area (Å²) in [7, 11) is -2.81. The van der Waals surface area contributed by atoms with Crippen molar-refractivity contribution in [3.05, 3.63) is 53.8 Å². The van der Waals surface area contributed by atoms with Crippen LogP contribution in [0.2, 0.25) is 0 Å². The maximum Gasteiger partial charge on any atom is 0.341 e. The fourth-order valence-electron chi connectivity index (χ4n) is 3.31. The fourth-order valence-corrected chi connectivity index (χ4v) is 4.84. The minimum Gasteiger partial charge on any atom is -0.505 e. The number of aromatic hydroxyl groups is 1. The Bertz CT molecular complexity index is 1060. The van der Waals surface area contributed by atoms with Gasteiger partial charge in [-0.1, -0.05) is 18.2 Å². The molecule has 3 rings (SSSR count). The van der Waals surface area contributed by atoms with Crippen molar-refractivity contribution in [3.8, 4) is 5.75 Å². The van der Waals surface area contributed by atoms with Gasteiger partial charge in [0.05, 0.1) is 12.8 Å². The van der Waals surface area contributed by atoms with Gasteiger partial charge in [0.25, 0.3) is 0 Å². The van der Waals surface area contributed by atoms with Crippen LogP contribution in [0.15, 0.2) is 47.4 Å². The molecule has 0 aromatic heterocycles. The summed E-state index contributed by atoms with van der Waals surface area (Å²) < 4.78 is 45.0. The van der Waals surface area contributed by atoms with Crippen molar-refractivity contribution in [1.82, 2.24) is 4.31 Å². The summed E-state index contributed by atoms with van der Waals surface area (Å²) >= 11 is 0. The molecule has 0 atom stereocenters. The summed E-state index contributed by atoms with van der Waals surface area (Å²) in [5.74, 6) is -2.88. The molecule has 160 valence electrons. The van der Waals surface area contributed by atoms with Crippen LogP contribution in [-0.2, 0) is 19.6 Å². The molecule has 0 aliphatic carbocycles. The highest BCUT2D eigenvalue weighted by Gasteiger charge is 2.33. The minimum absolute atomic E-state index is 0.0585. The van der Waals surface area contributed by atoms with Crippen molar-refractivity contribution in [1.29, 1.82) is 0 Å². The van der Waals surface area contributed by atoms with E-state index in [2.05, 4.69) is 10.1 Å². The zero-order valence-electron chi connectivity index (χ0n) is 16.2. The Hall–Kier alpha value is -2.98. The second-order valence-corrected chi connectivity index (χ2v) is 8.70. The van der Waals surface area contributed by atoms with Gasteiger partial charge in [-0.25, -0.2) is 17.6 Å². The molecule has 10 heteroatoms. The van der Waals surface area contributed by atoms with Crippen LogP contribution in [0, 0.1) is 11.7 Å². The Morgan fingerprint density at radius 2 is 1.80 bits per heavy atom. The van der Waals surface area contributed by atoms with E-state index in [0.29, 0.717) is 0 Å². The van der Waals surface area contributed by atoms with Gasteiger partial charge in [-0.3, -0.25) is 4.79 Å². The average molecular weight is 436 g/mol. The molecule has 2 aromatic rings. The van der Waals surface area contributed by atoms with Crippen molar-refractivity contribution in [3.63, 3.8) is 0 Å². The van der Waals surface area contributed by atoms with Gasteiger partial charge in [0.2, 0.25) is 15.9 Å². The van der Waals surface area contributed by atoms with Crippen molar-refractivity contribution < 1.29 is 32.2 Å². The number of nitrogens with one attached hydrogen (secondary N) is 1. The molecule has 0 spiro atoms. The van der Waals surface area contributed by atoms with Crippen LogP contribution in [0.4, 0.5) is 10.1 Å². The van der Waals surface area contributed by atoms with Crippen LogP contribution in [0.25, 0.3) is 0 Å². The second kappa shape index (κ2) is 8.80. The van der Waals surface area contributed by atoms with E-state index in [9.17, 15) is 27.5 Å². The number of benzene rings is 2. The number of rotatable bonds is 5. The fraction of sp³-hybridized carbons (Fsp3) is 0.300. The number of hydrogen-bond acceptors (Lipinski definition) is 6. The number of phenols is 1. The quantitative estimate of drug-likeness (QED) is 0.550. The highest BCUT2D eigenvalue weighted by Crippen LogP contribution is 2.30. The molecule has 0 unspecified atom stereocenters. The lowest BCUT2D eigenvalue weighted by atomic mass is 9.97. The summed E-state index contributed by atoms with van der Waals surface area (Å²) in [4.78, 5) is 23.9. The van der Waals surface area contributed by atoms with Crippen molar-refractivity contribution in [2.45, 2.75) is 17.7 Å². The van der Waals surface area contributed by atoms with Crippen LogP contribution in [-0.4, -0.2) is 49.9 Å². The Labute approximate surface area is 173 Å². The van der Waals surface area contributed by atoms with Crippen molar-refractivity contribution in [2.75, 3.05) is 25.5 Å². The number of piperidine rings is 1. The van der Waals surface area contributed by atoms with E-state index in [0.717, 1.165) is 10.4 Å². The molecule has 0 radical (unpaired) electrons. The number of nitrogens with zero attached hydrogens (tertiary/aromatic N) is 1. The Kier molecular flexibility index (Phi) is 6.37. The maximum atomic E-state index is 13.9. The van der Waals surface area contributed by atoms with Crippen LogP contribution in [0.3, 0.4) is 0 Å². The molecule has 1 fully saturated rings. The van der Waals surface area contributed by atoms with Gasteiger partial charge < -0.3 is 15.2 Å². The van der Waals surface area contributed by atoms with Crippen molar-refractivity contribution >= 4 is 27.6 Å².